The van der Waals surface area contributed by atoms with Crippen LogP contribution in [-0.4, -0.2) is 15.7 Å². The van der Waals surface area contributed by atoms with Crippen molar-refractivity contribution in [3.63, 3.8) is 0 Å². The van der Waals surface area contributed by atoms with E-state index >= 15 is 0 Å². The van der Waals surface area contributed by atoms with Crippen LogP contribution in [0.15, 0.2) is 36.5 Å². The van der Waals surface area contributed by atoms with Crippen molar-refractivity contribution in [2.24, 2.45) is 5.73 Å². The Morgan fingerprint density at radius 3 is 2.40 bits per heavy atom. The fourth-order valence-electron chi connectivity index (χ4n) is 2.17. The van der Waals surface area contributed by atoms with Crippen LogP contribution in [0.25, 0.3) is 0 Å². The highest BCUT2D eigenvalue weighted by Gasteiger charge is 2.16. The van der Waals surface area contributed by atoms with E-state index in [1.165, 1.54) is 5.56 Å². The van der Waals surface area contributed by atoms with Gasteiger partial charge in [-0.3, -0.25) is 9.48 Å². The predicted octanol–water partition coefficient (Wildman–Crippen LogP) is 2.64. The molecule has 2 rings (SSSR count). The molecule has 2 N–H and O–H groups in total. The number of nitrogens with zero attached hydrogens (tertiary/aromatic N) is 2. The summed E-state index contributed by atoms with van der Waals surface area (Å²) >= 11 is 0. The Morgan fingerprint density at radius 1 is 1.20 bits per heavy atom. The van der Waals surface area contributed by atoms with E-state index in [2.05, 4.69) is 43.2 Å². The molecule has 20 heavy (non-hydrogen) atoms. The number of primary amides is 1. The Balaban J connectivity index is 2.18. The van der Waals surface area contributed by atoms with E-state index in [-0.39, 0.29) is 11.8 Å². The number of carbonyl (C=O) groups excluding carboxylic acids is 1. The largest absolute Gasteiger partial charge is 0.369 e. The van der Waals surface area contributed by atoms with Gasteiger partial charge in [0.15, 0.2) is 0 Å². The first kappa shape index (κ1) is 14.3. The molecule has 2 aromatic rings. The molecule has 0 aliphatic rings. The second kappa shape index (κ2) is 5.90. The summed E-state index contributed by atoms with van der Waals surface area (Å²) in [5.74, 6) is -0.131. The minimum absolute atomic E-state index is 0.326. The summed E-state index contributed by atoms with van der Waals surface area (Å²) in [5.41, 5.74) is 8.70. The van der Waals surface area contributed by atoms with Crippen LogP contribution < -0.4 is 5.73 Å². The zero-order chi connectivity index (χ0) is 14.7. The van der Waals surface area contributed by atoms with Gasteiger partial charge in [-0.15, -0.1) is 0 Å². The van der Waals surface area contributed by atoms with Crippen molar-refractivity contribution in [3.8, 4) is 0 Å². The highest BCUT2D eigenvalue weighted by atomic mass is 16.1. The van der Waals surface area contributed by atoms with Gasteiger partial charge in [-0.25, -0.2) is 0 Å². The van der Waals surface area contributed by atoms with Crippen LogP contribution >= 0.6 is 0 Å². The summed E-state index contributed by atoms with van der Waals surface area (Å²) in [7, 11) is 0. The third-order valence-electron chi connectivity index (χ3n) is 3.60. The zero-order valence-electron chi connectivity index (χ0n) is 12.2. The van der Waals surface area contributed by atoms with Gasteiger partial charge in [0.25, 0.3) is 0 Å². The van der Waals surface area contributed by atoms with Crippen molar-refractivity contribution < 1.29 is 4.79 Å². The molecule has 1 aromatic heterocycles. The first-order chi connectivity index (χ1) is 9.49. The molecule has 0 radical (unpaired) electrons. The maximum atomic E-state index is 11.3. The lowest BCUT2D eigenvalue weighted by atomic mass is 10.0. The van der Waals surface area contributed by atoms with Gasteiger partial charge in [-0.1, -0.05) is 38.1 Å². The zero-order valence-corrected chi connectivity index (χ0v) is 12.2. The van der Waals surface area contributed by atoms with E-state index in [1.54, 1.807) is 13.1 Å². The molecule has 1 unspecified atom stereocenters. The molecule has 1 amide bonds. The van der Waals surface area contributed by atoms with Crippen LogP contribution in [0, 0.1) is 0 Å². The molecule has 4 heteroatoms. The number of carbonyl (C=O) groups is 1. The van der Waals surface area contributed by atoms with Gasteiger partial charge in [0, 0.05) is 6.20 Å². The first-order valence-corrected chi connectivity index (χ1v) is 6.89. The number of nitrogens with two attached hydrogens (primary N) is 1. The molecule has 0 bridgehead atoms. The van der Waals surface area contributed by atoms with E-state index in [1.807, 2.05) is 10.7 Å². The lowest BCUT2D eigenvalue weighted by Gasteiger charge is -2.12. The Hall–Kier alpha value is -2.10. The Morgan fingerprint density at radius 2 is 1.85 bits per heavy atom. The quantitative estimate of drug-likeness (QED) is 0.908. The fraction of sp³-hybridized carbons (Fsp3) is 0.375. The minimum atomic E-state index is -0.332. The monoisotopic (exact) mass is 271 g/mol. The van der Waals surface area contributed by atoms with Crippen LogP contribution in [0.4, 0.5) is 0 Å². The average molecular weight is 271 g/mol. The summed E-state index contributed by atoms with van der Waals surface area (Å²) in [6, 6.07) is 10.3. The van der Waals surface area contributed by atoms with Gasteiger partial charge < -0.3 is 5.73 Å². The molecule has 1 atom stereocenters. The van der Waals surface area contributed by atoms with Crippen LogP contribution in [0.1, 0.15) is 49.4 Å². The molecule has 0 saturated carbocycles. The van der Waals surface area contributed by atoms with E-state index in [0.717, 1.165) is 11.3 Å². The number of benzene rings is 1. The Bertz CT molecular complexity index is 584. The van der Waals surface area contributed by atoms with Gasteiger partial charge >= 0.3 is 0 Å². The molecule has 1 heterocycles. The second-order valence-electron chi connectivity index (χ2n) is 5.43. The summed E-state index contributed by atoms with van der Waals surface area (Å²) in [6.45, 7) is 6.81. The van der Waals surface area contributed by atoms with Gasteiger partial charge in [-0.2, -0.15) is 5.10 Å². The Kier molecular flexibility index (Phi) is 4.23. The normalized spacial score (nSPS) is 12.6. The molecular weight excluding hydrogens is 250 g/mol. The van der Waals surface area contributed by atoms with Gasteiger partial charge in [0.2, 0.25) is 5.91 Å². The third kappa shape index (κ3) is 3.07. The number of rotatable bonds is 5. The molecule has 0 aliphatic carbocycles. The standard InChI is InChI=1S/C16H21N3O/c1-11(2)14-6-4-13(5-7-14)10-19-15(8-9-18-19)12(3)16(17)20/h4-9,11-12H,10H2,1-3H3,(H2,17,20). The number of hydrogen-bond acceptors (Lipinski definition) is 2. The SMILES string of the molecule is CC(C)c1ccc(Cn2nccc2C(C)C(N)=O)cc1. The van der Waals surface area contributed by atoms with Crippen molar-refractivity contribution in [2.45, 2.75) is 39.2 Å². The van der Waals surface area contributed by atoms with Crippen LogP contribution in [-0.2, 0) is 11.3 Å². The van der Waals surface area contributed by atoms with Crippen molar-refractivity contribution >= 4 is 5.91 Å². The average Bonchev–Trinajstić information content (AvgIpc) is 2.86. The van der Waals surface area contributed by atoms with Gasteiger partial charge in [0.05, 0.1) is 18.2 Å². The topological polar surface area (TPSA) is 60.9 Å². The second-order valence-corrected chi connectivity index (χ2v) is 5.43. The smallest absolute Gasteiger partial charge is 0.226 e. The van der Waals surface area contributed by atoms with E-state index < -0.39 is 0 Å². The number of hydrogen-bond donors (Lipinski definition) is 1. The lowest BCUT2D eigenvalue weighted by molar-refractivity contribution is -0.119. The maximum absolute atomic E-state index is 11.3. The Labute approximate surface area is 119 Å². The summed E-state index contributed by atoms with van der Waals surface area (Å²) in [4.78, 5) is 11.3. The van der Waals surface area contributed by atoms with Crippen molar-refractivity contribution in [1.29, 1.82) is 0 Å². The molecule has 0 saturated heterocycles. The van der Waals surface area contributed by atoms with Crippen LogP contribution in [0.3, 0.4) is 0 Å². The summed E-state index contributed by atoms with van der Waals surface area (Å²) in [6.07, 6.45) is 1.71. The van der Waals surface area contributed by atoms with Crippen molar-refractivity contribution in [3.05, 3.63) is 53.3 Å². The highest BCUT2D eigenvalue weighted by molar-refractivity contribution is 5.80. The van der Waals surface area contributed by atoms with Crippen LogP contribution in [0.2, 0.25) is 0 Å². The molecule has 4 nitrogen and oxygen atoms in total. The van der Waals surface area contributed by atoms with Gasteiger partial charge in [0.1, 0.15) is 0 Å². The van der Waals surface area contributed by atoms with Crippen molar-refractivity contribution in [2.75, 3.05) is 0 Å². The third-order valence-corrected chi connectivity index (χ3v) is 3.60. The van der Waals surface area contributed by atoms with E-state index in [9.17, 15) is 4.79 Å². The molecule has 1 aromatic carbocycles. The summed E-state index contributed by atoms with van der Waals surface area (Å²) in [5, 5.41) is 4.28. The first-order valence-electron chi connectivity index (χ1n) is 6.89. The molecule has 0 aliphatic heterocycles. The van der Waals surface area contributed by atoms with Crippen LogP contribution in [0.5, 0.6) is 0 Å². The number of amides is 1. The van der Waals surface area contributed by atoms with Gasteiger partial charge in [-0.05, 0) is 30.0 Å². The maximum Gasteiger partial charge on any atom is 0.226 e. The lowest BCUT2D eigenvalue weighted by Crippen LogP contribution is -2.22. The van der Waals surface area contributed by atoms with Crippen molar-refractivity contribution in [1.82, 2.24) is 9.78 Å². The molecule has 0 fully saturated rings. The highest BCUT2D eigenvalue weighted by Crippen LogP contribution is 2.18. The fourth-order valence-corrected chi connectivity index (χ4v) is 2.17. The molecular formula is C16H21N3O. The molecule has 106 valence electrons. The minimum Gasteiger partial charge on any atom is -0.369 e. The molecule has 0 spiro atoms. The van der Waals surface area contributed by atoms with E-state index in [4.69, 9.17) is 5.73 Å². The summed E-state index contributed by atoms with van der Waals surface area (Å²) < 4.78 is 1.83. The number of aromatic nitrogens is 2. The van der Waals surface area contributed by atoms with E-state index in [0.29, 0.717) is 12.5 Å². The predicted molar refractivity (Wildman–Crippen MR) is 79.5 cm³/mol.